The summed E-state index contributed by atoms with van der Waals surface area (Å²) in [6, 6.07) is 4.13. The summed E-state index contributed by atoms with van der Waals surface area (Å²) in [5.41, 5.74) is 1.29. The highest BCUT2D eigenvalue weighted by Gasteiger charge is 2.26. The van der Waals surface area contributed by atoms with Crippen molar-refractivity contribution in [1.82, 2.24) is 4.57 Å². The van der Waals surface area contributed by atoms with Gasteiger partial charge in [0, 0.05) is 18.9 Å². The average molecular weight is 123 g/mol. The van der Waals surface area contributed by atoms with E-state index in [9.17, 15) is 0 Å². The molecule has 1 aliphatic rings. The summed E-state index contributed by atoms with van der Waals surface area (Å²) in [5, 5.41) is 0. The molecular formula is C7H9NO. The quantitative estimate of drug-likeness (QED) is 0.511. The molecule has 0 unspecified atom stereocenters. The smallest absolute Gasteiger partial charge is 0.121 e. The van der Waals surface area contributed by atoms with Gasteiger partial charge in [0.25, 0.3) is 0 Å². The third-order valence-electron chi connectivity index (χ3n) is 1.65. The minimum absolute atomic E-state index is 0.394. The molecule has 2 heteroatoms. The molecule has 0 N–H and O–H groups in total. The van der Waals surface area contributed by atoms with Crippen molar-refractivity contribution in [3.8, 4) is 0 Å². The number of ether oxygens (including phenoxy) is 1. The van der Waals surface area contributed by atoms with E-state index in [1.165, 1.54) is 5.69 Å². The molecule has 1 saturated heterocycles. The normalized spacial score (nSPS) is 24.3. The van der Waals surface area contributed by atoms with Crippen molar-refractivity contribution in [3.05, 3.63) is 24.0 Å². The first-order valence-electron chi connectivity index (χ1n) is 3.11. The van der Waals surface area contributed by atoms with Crippen LogP contribution in [0.25, 0.3) is 0 Å². The molecule has 0 spiro atoms. The maximum atomic E-state index is 5.11. The summed E-state index contributed by atoms with van der Waals surface area (Å²) in [7, 11) is 2.04. The van der Waals surface area contributed by atoms with Gasteiger partial charge in [0.1, 0.15) is 6.10 Å². The number of aryl methyl sites for hydroxylation is 1. The number of hydrogen-bond acceptors (Lipinski definition) is 1. The van der Waals surface area contributed by atoms with Crippen LogP contribution in [0.1, 0.15) is 11.8 Å². The van der Waals surface area contributed by atoms with Crippen molar-refractivity contribution in [2.75, 3.05) is 6.61 Å². The molecule has 0 radical (unpaired) electrons. The van der Waals surface area contributed by atoms with Crippen molar-refractivity contribution < 1.29 is 4.74 Å². The van der Waals surface area contributed by atoms with Gasteiger partial charge in [-0.3, -0.25) is 0 Å². The molecule has 0 aromatic carbocycles. The SMILES string of the molecule is Cn1cccc1[C@@H]1CO1. The first kappa shape index (κ1) is 5.06. The molecule has 48 valence electrons. The van der Waals surface area contributed by atoms with Gasteiger partial charge in [-0.15, -0.1) is 0 Å². The van der Waals surface area contributed by atoms with E-state index < -0.39 is 0 Å². The van der Waals surface area contributed by atoms with Crippen LogP contribution >= 0.6 is 0 Å². The van der Waals surface area contributed by atoms with Crippen LogP contribution in [0.2, 0.25) is 0 Å². The van der Waals surface area contributed by atoms with Gasteiger partial charge in [0.05, 0.1) is 6.61 Å². The fraction of sp³-hybridized carbons (Fsp3) is 0.429. The van der Waals surface area contributed by atoms with Gasteiger partial charge >= 0.3 is 0 Å². The third kappa shape index (κ3) is 0.754. The molecule has 2 heterocycles. The Balaban J connectivity index is 2.35. The molecule has 2 nitrogen and oxygen atoms in total. The molecule has 0 amide bonds. The van der Waals surface area contributed by atoms with Gasteiger partial charge in [0.2, 0.25) is 0 Å². The predicted octanol–water partition coefficient (Wildman–Crippen LogP) is 1.10. The van der Waals surface area contributed by atoms with E-state index in [0.717, 1.165) is 6.61 Å². The Morgan fingerprint density at radius 3 is 3.00 bits per heavy atom. The number of rotatable bonds is 1. The summed E-state index contributed by atoms with van der Waals surface area (Å²) in [6.45, 7) is 0.901. The largest absolute Gasteiger partial charge is 0.366 e. The lowest BCUT2D eigenvalue weighted by atomic mass is 10.3. The van der Waals surface area contributed by atoms with Gasteiger partial charge in [0.15, 0.2) is 0 Å². The van der Waals surface area contributed by atoms with Gasteiger partial charge in [-0.1, -0.05) is 0 Å². The maximum Gasteiger partial charge on any atom is 0.121 e. The van der Waals surface area contributed by atoms with Gasteiger partial charge in [-0.05, 0) is 12.1 Å². The van der Waals surface area contributed by atoms with E-state index in [0.29, 0.717) is 6.10 Å². The Morgan fingerprint density at radius 2 is 2.56 bits per heavy atom. The average Bonchev–Trinajstić information content (AvgIpc) is 2.58. The summed E-state index contributed by atoms with van der Waals surface area (Å²) in [5.74, 6) is 0. The lowest BCUT2D eigenvalue weighted by molar-refractivity contribution is 0.407. The van der Waals surface area contributed by atoms with Crippen molar-refractivity contribution in [2.24, 2.45) is 7.05 Å². The number of nitrogens with zero attached hydrogens (tertiary/aromatic N) is 1. The van der Waals surface area contributed by atoms with Crippen molar-refractivity contribution in [2.45, 2.75) is 6.10 Å². The van der Waals surface area contributed by atoms with E-state index >= 15 is 0 Å². The Kier molecular flexibility index (Phi) is 0.904. The van der Waals surface area contributed by atoms with Crippen molar-refractivity contribution in [3.63, 3.8) is 0 Å². The summed E-state index contributed by atoms with van der Waals surface area (Å²) >= 11 is 0. The van der Waals surface area contributed by atoms with Crippen LogP contribution in [0.3, 0.4) is 0 Å². The van der Waals surface area contributed by atoms with Gasteiger partial charge < -0.3 is 9.30 Å². The fourth-order valence-corrected chi connectivity index (χ4v) is 1.03. The van der Waals surface area contributed by atoms with Crippen LogP contribution in [0, 0.1) is 0 Å². The third-order valence-corrected chi connectivity index (χ3v) is 1.65. The first-order chi connectivity index (χ1) is 4.38. The Bertz CT molecular complexity index is 212. The molecule has 1 atom stereocenters. The van der Waals surface area contributed by atoms with Crippen molar-refractivity contribution >= 4 is 0 Å². The molecule has 1 aromatic rings. The first-order valence-corrected chi connectivity index (χ1v) is 3.11. The van der Waals surface area contributed by atoms with Crippen LogP contribution in [0.15, 0.2) is 18.3 Å². The zero-order chi connectivity index (χ0) is 6.27. The minimum Gasteiger partial charge on any atom is -0.366 e. The van der Waals surface area contributed by atoms with Crippen LogP contribution in [0.4, 0.5) is 0 Å². The number of aromatic nitrogens is 1. The fourth-order valence-electron chi connectivity index (χ4n) is 1.03. The molecule has 1 aliphatic heterocycles. The predicted molar refractivity (Wildman–Crippen MR) is 34.1 cm³/mol. The van der Waals surface area contributed by atoms with E-state index in [2.05, 4.69) is 10.6 Å². The Morgan fingerprint density at radius 1 is 1.78 bits per heavy atom. The van der Waals surface area contributed by atoms with E-state index in [1.54, 1.807) is 0 Å². The van der Waals surface area contributed by atoms with Crippen LogP contribution < -0.4 is 0 Å². The number of hydrogen-bond donors (Lipinski definition) is 0. The van der Waals surface area contributed by atoms with Gasteiger partial charge in [-0.25, -0.2) is 0 Å². The highest BCUT2D eigenvalue weighted by molar-refractivity contribution is 5.12. The van der Waals surface area contributed by atoms with Gasteiger partial charge in [-0.2, -0.15) is 0 Å². The zero-order valence-corrected chi connectivity index (χ0v) is 5.37. The van der Waals surface area contributed by atoms with E-state index in [4.69, 9.17) is 4.74 Å². The van der Waals surface area contributed by atoms with Crippen LogP contribution in [-0.4, -0.2) is 11.2 Å². The molecule has 1 fully saturated rings. The monoisotopic (exact) mass is 123 g/mol. The minimum atomic E-state index is 0.394. The topological polar surface area (TPSA) is 17.5 Å². The molecular weight excluding hydrogens is 114 g/mol. The maximum absolute atomic E-state index is 5.11. The van der Waals surface area contributed by atoms with E-state index in [-0.39, 0.29) is 0 Å². The van der Waals surface area contributed by atoms with Crippen LogP contribution in [0.5, 0.6) is 0 Å². The number of epoxide rings is 1. The Labute approximate surface area is 54.1 Å². The second-order valence-corrected chi connectivity index (χ2v) is 2.37. The Hall–Kier alpha value is -0.760. The standard InChI is InChI=1S/C7H9NO/c1-8-4-2-3-6(8)7-5-9-7/h2-4,7H,5H2,1H3/t7-/m0/s1. The van der Waals surface area contributed by atoms with Crippen LogP contribution in [-0.2, 0) is 11.8 Å². The molecule has 9 heavy (non-hydrogen) atoms. The highest BCUT2D eigenvalue weighted by Crippen LogP contribution is 2.28. The van der Waals surface area contributed by atoms with E-state index in [1.807, 2.05) is 19.3 Å². The lowest BCUT2D eigenvalue weighted by Gasteiger charge is -1.95. The summed E-state index contributed by atoms with van der Waals surface area (Å²) in [6.07, 6.45) is 2.43. The summed E-state index contributed by atoms with van der Waals surface area (Å²) in [4.78, 5) is 0. The second kappa shape index (κ2) is 1.61. The molecule has 0 saturated carbocycles. The molecule has 0 bridgehead atoms. The zero-order valence-electron chi connectivity index (χ0n) is 5.37. The highest BCUT2D eigenvalue weighted by atomic mass is 16.6. The lowest BCUT2D eigenvalue weighted by Crippen LogP contribution is -1.91. The molecule has 0 aliphatic carbocycles. The summed E-state index contributed by atoms with van der Waals surface area (Å²) < 4.78 is 7.21. The van der Waals surface area contributed by atoms with Crippen molar-refractivity contribution in [1.29, 1.82) is 0 Å². The molecule has 2 rings (SSSR count). The molecule has 1 aromatic heterocycles. The second-order valence-electron chi connectivity index (χ2n) is 2.37.